The lowest BCUT2D eigenvalue weighted by Gasteiger charge is -2.31. The molecule has 1 amide bonds. The van der Waals surface area contributed by atoms with Crippen LogP contribution in [0.5, 0.6) is 0 Å². The minimum Gasteiger partial charge on any atom is -0.404 e. The van der Waals surface area contributed by atoms with E-state index < -0.39 is 0 Å². The van der Waals surface area contributed by atoms with Gasteiger partial charge in [-0.15, -0.1) is 0 Å². The van der Waals surface area contributed by atoms with Gasteiger partial charge in [-0.3, -0.25) is 9.79 Å². The van der Waals surface area contributed by atoms with Crippen LogP contribution in [0.4, 0.5) is 0 Å². The molecule has 3 aromatic rings. The van der Waals surface area contributed by atoms with Gasteiger partial charge >= 0.3 is 0 Å². The number of nitrogens with two attached hydrogens (primary N) is 1. The molecule has 29 heavy (non-hydrogen) atoms. The standard InChI is InChI=1S/C23H25N5O/c1-25-15-19(14-24)16-6-8-18(9-7-16)23(29)28-12-10-17(11-13-28)22-26-20-4-2-3-5-21(20)27-22/h2-9,14-15,17H,10-13,24H2,1H3,(H,26,27)/b19-14+,25-15?. The number of carbonyl (C=O) groups is 1. The van der Waals surface area contributed by atoms with Crippen molar-refractivity contribution in [2.75, 3.05) is 20.1 Å². The summed E-state index contributed by atoms with van der Waals surface area (Å²) in [6.07, 6.45) is 5.06. The Kier molecular flexibility index (Phi) is 5.42. The second-order valence-electron chi connectivity index (χ2n) is 7.29. The molecule has 4 rings (SSSR count). The zero-order chi connectivity index (χ0) is 20.2. The number of para-hydroxylation sites is 2. The maximum absolute atomic E-state index is 12.9. The van der Waals surface area contributed by atoms with Gasteiger partial charge in [-0.1, -0.05) is 24.3 Å². The third-order valence-electron chi connectivity index (χ3n) is 5.49. The number of likely N-dealkylation sites (tertiary alicyclic amines) is 1. The van der Waals surface area contributed by atoms with Crippen LogP contribution in [0.1, 0.15) is 40.5 Å². The topological polar surface area (TPSA) is 87.4 Å². The molecule has 2 aromatic carbocycles. The number of hydrogen-bond acceptors (Lipinski definition) is 4. The van der Waals surface area contributed by atoms with E-state index in [1.807, 2.05) is 53.4 Å². The number of fused-ring (bicyclic) bond motifs is 1. The highest BCUT2D eigenvalue weighted by atomic mass is 16.2. The Morgan fingerprint density at radius 2 is 1.83 bits per heavy atom. The average Bonchev–Trinajstić information content (AvgIpc) is 3.21. The van der Waals surface area contributed by atoms with Gasteiger partial charge in [0, 0.05) is 49.6 Å². The highest BCUT2D eigenvalue weighted by molar-refractivity contribution is 6.09. The van der Waals surface area contributed by atoms with Gasteiger partial charge in [-0.2, -0.15) is 0 Å². The Hall–Kier alpha value is -3.41. The number of carbonyl (C=O) groups excluding carboxylic acids is 1. The van der Waals surface area contributed by atoms with Crippen LogP contribution in [0.2, 0.25) is 0 Å². The summed E-state index contributed by atoms with van der Waals surface area (Å²) >= 11 is 0. The van der Waals surface area contributed by atoms with Crippen molar-refractivity contribution in [3.63, 3.8) is 0 Å². The van der Waals surface area contributed by atoms with Crippen LogP contribution in [0.15, 0.2) is 59.7 Å². The highest BCUT2D eigenvalue weighted by Gasteiger charge is 2.26. The van der Waals surface area contributed by atoms with Gasteiger partial charge in [-0.05, 0) is 42.7 Å². The van der Waals surface area contributed by atoms with E-state index in [9.17, 15) is 4.79 Å². The molecule has 1 aliphatic heterocycles. The van der Waals surface area contributed by atoms with Gasteiger partial charge in [0.25, 0.3) is 5.91 Å². The SMILES string of the molecule is CN=C/C(=C\N)c1ccc(C(=O)N2CCC(c3nc4ccccc4[nH]3)CC2)cc1. The van der Waals surface area contributed by atoms with Crippen molar-refractivity contribution in [3.05, 3.63) is 71.7 Å². The number of benzene rings is 2. The first-order chi connectivity index (χ1) is 14.2. The largest absolute Gasteiger partial charge is 0.404 e. The van der Waals surface area contributed by atoms with Gasteiger partial charge in [0.05, 0.1) is 11.0 Å². The van der Waals surface area contributed by atoms with Crippen LogP contribution in [0.25, 0.3) is 16.6 Å². The number of piperidine rings is 1. The van der Waals surface area contributed by atoms with Crippen molar-refractivity contribution < 1.29 is 4.79 Å². The van der Waals surface area contributed by atoms with Crippen molar-refractivity contribution in [2.45, 2.75) is 18.8 Å². The molecule has 3 N–H and O–H groups in total. The van der Waals surface area contributed by atoms with Crippen molar-refractivity contribution >= 4 is 28.7 Å². The lowest BCUT2D eigenvalue weighted by Crippen LogP contribution is -2.38. The Morgan fingerprint density at radius 3 is 2.48 bits per heavy atom. The summed E-state index contributed by atoms with van der Waals surface area (Å²) in [6, 6.07) is 15.6. The van der Waals surface area contributed by atoms with Crippen LogP contribution in [0, 0.1) is 0 Å². The molecule has 0 aliphatic carbocycles. The number of nitrogens with zero attached hydrogens (tertiary/aromatic N) is 3. The maximum atomic E-state index is 12.9. The molecule has 0 saturated carbocycles. The van der Waals surface area contributed by atoms with Crippen molar-refractivity contribution in [3.8, 4) is 0 Å². The molecule has 0 radical (unpaired) electrons. The fourth-order valence-corrected chi connectivity index (χ4v) is 3.86. The summed E-state index contributed by atoms with van der Waals surface area (Å²) in [7, 11) is 1.70. The molecular formula is C23H25N5O. The van der Waals surface area contributed by atoms with Crippen molar-refractivity contribution in [1.82, 2.24) is 14.9 Å². The molecule has 1 saturated heterocycles. The van der Waals surface area contributed by atoms with E-state index in [-0.39, 0.29) is 5.91 Å². The molecule has 1 fully saturated rings. The third-order valence-corrected chi connectivity index (χ3v) is 5.49. The van der Waals surface area contributed by atoms with Crippen molar-refractivity contribution in [2.24, 2.45) is 10.7 Å². The van der Waals surface area contributed by atoms with Crippen LogP contribution >= 0.6 is 0 Å². The molecule has 6 nitrogen and oxygen atoms in total. The quantitative estimate of drug-likeness (QED) is 0.671. The number of allylic oxidation sites excluding steroid dienone is 1. The predicted octanol–water partition coefficient (Wildman–Crippen LogP) is 3.58. The van der Waals surface area contributed by atoms with E-state index in [1.54, 1.807) is 13.3 Å². The second-order valence-corrected chi connectivity index (χ2v) is 7.29. The first-order valence-corrected chi connectivity index (χ1v) is 9.88. The molecule has 148 valence electrons. The highest BCUT2D eigenvalue weighted by Crippen LogP contribution is 2.28. The normalized spacial score (nSPS) is 16.0. The van der Waals surface area contributed by atoms with Crippen LogP contribution in [-0.2, 0) is 0 Å². The Morgan fingerprint density at radius 1 is 1.14 bits per heavy atom. The van der Waals surface area contributed by atoms with Crippen molar-refractivity contribution in [1.29, 1.82) is 0 Å². The van der Waals surface area contributed by atoms with Crippen LogP contribution in [-0.4, -0.2) is 47.1 Å². The van der Waals surface area contributed by atoms with Gasteiger partial charge in [0.2, 0.25) is 0 Å². The van der Waals surface area contributed by atoms with Gasteiger partial charge in [0.1, 0.15) is 5.82 Å². The fourth-order valence-electron chi connectivity index (χ4n) is 3.86. The summed E-state index contributed by atoms with van der Waals surface area (Å²) < 4.78 is 0. The lowest BCUT2D eigenvalue weighted by atomic mass is 9.95. The average molecular weight is 387 g/mol. The first kappa shape index (κ1) is 18.9. The molecule has 1 aromatic heterocycles. The van der Waals surface area contributed by atoms with Crippen LogP contribution in [0.3, 0.4) is 0 Å². The number of H-pyrrole nitrogens is 1. The van der Waals surface area contributed by atoms with E-state index in [2.05, 4.69) is 9.98 Å². The zero-order valence-electron chi connectivity index (χ0n) is 16.5. The minimum absolute atomic E-state index is 0.0713. The number of hydrogen-bond donors (Lipinski definition) is 2. The summed E-state index contributed by atoms with van der Waals surface area (Å²) in [6.45, 7) is 1.47. The number of aromatic nitrogens is 2. The Bertz CT molecular complexity index is 1020. The summed E-state index contributed by atoms with van der Waals surface area (Å²) in [5.74, 6) is 1.46. The molecule has 0 bridgehead atoms. The summed E-state index contributed by atoms with van der Waals surface area (Å²) in [4.78, 5) is 27.0. The Labute approximate surface area is 170 Å². The maximum Gasteiger partial charge on any atom is 0.253 e. The smallest absolute Gasteiger partial charge is 0.253 e. The molecular weight excluding hydrogens is 362 g/mol. The van der Waals surface area contributed by atoms with E-state index in [0.717, 1.165) is 53.9 Å². The number of rotatable bonds is 4. The summed E-state index contributed by atoms with van der Waals surface area (Å²) in [5, 5.41) is 0. The molecule has 6 heteroatoms. The number of nitrogens with one attached hydrogen (secondary N) is 1. The second kappa shape index (κ2) is 8.31. The first-order valence-electron chi connectivity index (χ1n) is 9.88. The van der Waals surface area contributed by atoms with E-state index in [1.165, 1.54) is 6.20 Å². The molecule has 0 spiro atoms. The number of amides is 1. The van der Waals surface area contributed by atoms with Gasteiger partial charge in [-0.25, -0.2) is 4.98 Å². The number of imidazole rings is 1. The predicted molar refractivity (Wildman–Crippen MR) is 117 cm³/mol. The monoisotopic (exact) mass is 387 g/mol. The van der Waals surface area contributed by atoms with Gasteiger partial charge in [0.15, 0.2) is 0 Å². The molecule has 0 atom stereocenters. The fraction of sp³-hybridized carbons (Fsp3) is 0.261. The van der Waals surface area contributed by atoms with E-state index >= 15 is 0 Å². The number of aromatic amines is 1. The minimum atomic E-state index is 0.0713. The zero-order valence-corrected chi connectivity index (χ0v) is 16.5. The third kappa shape index (κ3) is 3.92. The number of aliphatic imine (C=N–C) groups is 1. The molecule has 0 unspecified atom stereocenters. The summed E-state index contributed by atoms with van der Waals surface area (Å²) in [5.41, 5.74) is 10.2. The van der Waals surface area contributed by atoms with Gasteiger partial charge < -0.3 is 15.6 Å². The van der Waals surface area contributed by atoms with E-state index in [4.69, 9.17) is 10.7 Å². The van der Waals surface area contributed by atoms with Crippen LogP contribution < -0.4 is 5.73 Å². The molecule has 2 heterocycles. The van der Waals surface area contributed by atoms with E-state index in [0.29, 0.717) is 11.5 Å². The molecule has 1 aliphatic rings. The lowest BCUT2D eigenvalue weighted by molar-refractivity contribution is 0.0711. The Balaban J connectivity index is 1.41.